The average Bonchev–Trinajstić information content (AvgIpc) is 3.17. The molecule has 1 aliphatic rings. The number of aryl methyl sites for hydroxylation is 1. The van der Waals surface area contributed by atoms with Gasteiger partial charge >= 0.3 is 0 Å². The molecule has 0 atom stereocenters. The van der Waals surface area contributed by atoms with Gasteiger partial charge in [0.05, 0.1) is 11.0 Å². The zero-order chi connectivity index (χ0) is 20.1. The van der Waals surface area contributed by atoms with Gasteiger partial charge in [-0.15, -0.1) is 0 Å². The molecule has 0 spiro atoms. The van der Waals surface area contributed by atoms with E-state index in [2.05, 4.69) is 36.1 Å². The minimum Gasteiger partial charge on any atom is -0.368 e. The average molecular weight is 394 g/mol. The number of para-hydroxylation sites is 2. The van der Waals surface area contributed by atoms with Crippen molar-refractivity contribution in [3.05, 3.63) is 60.2 Å². The Kier molecular flexibility index (Phi) is 5.93. The molecule has 29 heavy (non-hydrogen) atoms. The Bertz CT molecular complexity index is 924. The fourth-order valence-electron chi connectivity index (χ4n) is 3.74. The fourth-order valence-corrected chi connectivity index (χ4v) is 3.74. The minimum atomic E-state index is -0.195. The van der Waals surface area contributed by atoms with Crippen LogP contribution in [0.5, 0.6) is 0 Å². The lowest BCUT2D eigenvalue weighted by molar-refractivity contribution is 0.372. The number of nitrogens with one attached hydrogen (secondary N) is 2. The summed E-state index contributed by atoms with van der Waals surface area (Å²) in [5, 5.41) is 3.47. The van der Waals surface area contributed by atoms with Crippen molar-refractivity contribution in [2.24, 2.45) is 4.99 Å². The Labute approximate surface area is 170 Å². The van der Waals surface area contributed by atoms with Crippen LogP contribution in [0.25, 0.3) is 11.0 Å². The van der Waals surface area contributed by atoms with Crippen LogP contribution in [-0.2, 0) is 6.42 Å². The van der Waals surface area contributed by atoms with Crippen LogP contribution in [0.15, 0.2) is 53.5 Å². The molecule has 0 bridgehead atoms. The number of benzene rings is 2. The third-order valence-electron chi connectivity index (χ3n) is 5.29. The summed E-state index contributed by atoms with van der Waals surface area (Å²) in [4.78, 5) is 17.0. The Morgan fingerprint density at radius 1 is 1.10 bits per heavy atom. The normalized spacial score (nSPS) is 15.2. The Morgan fingerprint density at radius 2 is 1.86 bits per heavy atom. The highest BCUT2D eigenvalue weighted by Gasteiger charge is 2.19. The van der Waals surface area contributed by atoms with Crippen LogP contribution < -0.4 is 10.2 Å². The molecule has 6 nitrogen and oxygen atoms in total. The second-order valence-electron chi connectivity index (χ2n) is 7.23. The zero-order valence-electron chi connectivity index (χ0n) is 16.7. The largest absolute Gasteiger partial charge is 0.368 e. The summed E-state index contributed by atoms with van der Waals surface area (Å²) < 4.78 is 13.1. The molecule has 0 amide bonds. The molecule has 1 aromatic heterocycles. The smallest absolute Gasteiger partial charge is 0.193 e. The van der Waals surface area contributed by atoms with Crippen molar-refractivity contribution in [3.8, 4) is 0 Å². The third-order valence-corrected chi connectivity index (χ3v) is 5.29. The molecule has 0 saturated carbocycles. The first-order valence-electron chi connectivity index (χ1n) is 10.1. The predicted octanol–water partition coefficient (Wildman–Crippen LogP) is 3.03. The highest BCUT2D eigenvalue weighted by atomic mass is 19.1. The van der Waals surface area contributed by atoms with Crippen LogP contribution in [0.2, 0.25) is 0 Å². The number of nitrogens with zero attached hydrogens (tertiary/aromatic N) is 4. The molecule has 0 unspecified atom stereocenters. The lowest BCUT2D eigenvalue weighted by atomic mass is 10.2. The molecule has 2 N–H and O–H groups in total. The zero-order valence-corrected chi connectivity index (χ0v) is 16.7. The molecule has 0 radical (unpaired) electrons. The van der Waals surface area contributed by atoms with E-state index in [-0.39, 0.29) is 5.82 Å². The van der Waals surface area contributed by atoms with Crippen molar-refractivity contribution < 1.29 is 4.39 Å². The fraction of sp³-hybridized carbons (Fsp3) is 0.364. The SMILES string of the molecule is CN=C(NCCCc1nc2ccccc2[nH]1)N1CCN(c2ccc(F)cc2)CC1. The van der Waals surface area contributed by atoms with Gasteiger partial charge in [-0.3, -0.25) is 4.99 Å². The predicted molar refractivity (Wildman–Crippen MR) is 116 cm³/mol. The van der Waals surface area contributed by atoms with Gasteiger partial charge in [-0.1, -0.05) is 12.1 Å². The Morgan fingerprint density at radius 3 is 2.59 bits per heavy atom. The summed E-state index contributed by atoms with van der Waals surface area (Å²) in [6, 6.07) is 14.8. The van der Waals surface area contributed by atoms with E-state index in [1.165, 1.54) is 12.1 Å². The lowest BCUT2D eigenvalue weighted by Gasteiger charge is -2.37. The quantitative estimate of drug-likeness (QED) is 0.397. The Balaban J connectivity index is 1.23. The van der Waals surface area contributed by atoms with Gasteiger partial charge in [-0.25, -0.2) is 9.37 Å². The van der Waals surface area contributed by atoms with Gasteiger partial charge in [0.2, 0.25) is 0 Å². The summed E-state index contributed by atoms with van der Waals surface area (Å²) in [6.07, 6.45) is 1.88. The summed E-state index contributed by atoms with van der Waals surface area (Å²) in [5.41, 5.74) is 3.18. The number of aromatic nitrogens is 2. The van der Waals surface area contributed by atoms with Gasteiger partial charge in [0, 0.05) is 51.9 Å². The lowest BCUT2D eigenvalue weighted by Crippen LogP contribution is -2.52. The minimum absolute atomic E-state index is 0.195. The molecule has 3 aromatic rings. The number of aliphatic imine (C=N–C) groups is 1. The standard InChI is InChI=1S/C22H27FN6/c1-24-22(25-12-4-7-21-26-19-5-2-3-6-20(19)27-21)29-15-13-28(14-16-29)18-10-8-17(23)9-11-18/h2-3,5-6,8-11H,4,7,12-16H2,1H3,(H,24,25)(H,26,27). The van der Waals surface area contributed by atoms with E-state index in [4.69, 9.17) is 0 Å². The van der Waals surface area contributed by atoms with E-state index in [9.17, 15) is 4.39 Å². The number of piperazine rings is 1. The van der Waals surface area contributed by atoms with E-state index in [1.807, 2.05) is 37.4 Å². The first-order chi connectivity index (χ1) is 14.2. The second-order valence-corrected chi connectivity index (χ2v) is 7.23. The maximum Gasteiger partial charge on any atom is 0.193 e. The van der Waals surface area contributed by atoms with E-state index in [0.717, 1.165) is 74.1 Å². The van der Waals surface area contributed by atoms with Crippen molar-refractivity contribution in [2.75, 3.05) is 44.7 Å². The van der Waals surface area contributed by atoms with E-state index in [1.54, 1.807) is 0 Å². The highest BCUT2D eigenvalue weighted by Crippen LogP contribution is 2.17. The summed E-state index contributed by atoms with van der Waals surface area (Å²) >= 11 is 0. The molecule has 152 valence electrons. The third kappa shape index (κ3) is 4.67. The van der Waals surface area contributed by atoms with Crippen LogP contribution in [-0.4, -0.2) is 60.6 Å². The number of guanidine groups is 1. The van der Waals surface area contributed by atoms with Crippen molar-refractivity contribution >= 4 is 22.7 Å². The van der Waals surface area contributed by atoms with Crippen LogP contribution in [0, 0.1) is 5.82 Å². The topological polar surface area (TPSA) is 59.6 Å². The number of fused-ring (bicyclic) bond motifs is 1. The second kappa shape index (κ2) is 8.94. The van der Waals surface area contributed by atoms with Gasteiger partial charge in [0.25, 0.3) is 0 Å². The highest BCUT2D eigenvalue weighted by molar-refractivity contribution is 5.80. The first-order valence-corrected chi connectivity index (χ1v) is 10.1. The number of H-pyrrole nitrogens is 1. The molecular formula is C22H27FN6. The number of imidazole rings is 1. The van der Waals surface area contributed by atoms with Crippen molar-refractivity contribution in [1.82, 2.24) is 20.2 Å². The number of halogens is 1. The molecule has 4 rings (SSSR count). The summed E-state index contributed by atoms with van der Waals surface area (Å²) in [5.74, 6) is 1.77. The van der Waals surface area contributed by atoms with E-state index >= 15 is 0 Å². The molecule has 0 aliphatic carbocycles. The molecule has 1 fully saturated rings. The van der Waals surface area contributed by atoms with E-state index in [0.29, 0.717) is 0 Å². The van der Waals surface area contributed by atoms with Gasteiger partial charge in [0.15, 0.2) is 5.96 Å². The number of aromatic amines is 1. The first kappa shape index (κ1) is 19.2. The van der Waals surface area contributed by atoms with Crippen molar-refractivity contribution in [1.29, 1.82) is 0 Å². The van der Waals surface area contributed by atoms with Crippen LogP contribution in [0.3, 0.4) is 0 Å². The van der Waals surface area contributed by atoms with Gasteiger partial charge in [-0.2, -0.15) is 0 Å². The number of hydrogen-bond donors (Lipinski definition) is 2. The number of hydrogen-bond acceptors (Lipinski definition) is 3. The van der Waals surface area contributed by atoms with Gasteiger partial charge in [0.1, 0.15) is 11.6 Å². The molecule has 1 saturated heterocycles. The van der Waals surface area contributed by atoms with Crippen LogP contribution in [0.4, 0.5) is 10.1 Å². The maximum atomic E-state index is 13.1. The molecule has 2 aromatic carbocycles. The van der Waals surface area contributed by atoms with Crippen molar-refractivity contribution in [3.63, 3.8) is 0 Å². The molecular weight excluding hydrogens is 367 g/mol. The number of anilines is 1. The maximum absolute atomic E-state index is 13.1. The summed E-state index contributed by atoms with van der Waals surface area (Å²) in [6.45, 7) is 4.42. The molecule has 1 aliphatic heterocycles. The van der Waals surface area contributed by atoms with Gasteiger partial charge in [-0.05, 0) is 42.8 Å². The monoisotopic (exact) mass is 394 g/mol. The van der Waals surface area contributed by atoms with Crippen LogP contribution >= 0.6 is 0 Å². The molecule has 7 heteroatoms. The number of rotatable bonds is 5. The molecule has 2 heterocycles. The van der Waals surface area contributed by atoms with Gasteiger partial charge < -0.3 is 20.1 Å². The Hall–Kier alpha value is -3.09. The van der Waals surface area contributed by atoms with E-state index < -0.39 is 0 Å². The van der Waals surface area contributed by atoms with Crippen molar-refractivity contribution in [2.45, 2.75) is 12.8 Å². The summed E-state index contributed by atoms with van der Waals surface area (Å²) in [7, 11) is 1.83. The van der Waals surface area contributed by atoms with Crippen LogP contribution in [0.1, 0.15) is 12.2 Å².